The van der Waals surface area contributed by atoms with E-state index in [4.69, 9.17) is 14.3 Å². The number of aromatic hydroxyl groups is 1. The number of para-hydroxylation sites is 1. The van der Waals surface area contributed by atoms with Crippen LogP contribution in [0.4, 0.5) is 11.4 Å². The lowest BCUT2D eigenvalue weighted by molar-refractivity contribution is -0.126. The molecule has 0 saturated carbocycles. The summed E-state index contributed by atoms with van der Waals surface area (Å²) in [5.74, 6) is -0.705. The first-order chi connectivity index (χ1) is 17.4. The molecular weight excluding hydrogens is 528 g/mol. The van der Waals surface area contributed by atoms with Gasteiger partial charge in [-0.1, -0.05) is 18.2 Å². The van der Waals surface area contributed by atoms with Gasteiger partial charge in [0.2, 0.25) is 5.91 Å². The molecule has 186 valence electrons. The molecule has 1 N–H and O–H groups in total. The van der Waals surface area contributed by atoms with Crippen molar-refractivity contribution in [2.45, 2.75) is 26.0 Å². The van der Waals surface area contributed by atoms with Crippen LogP contribution in [0.1, 0.15) is 25.5 Å². The lowest BCUT2D eigenvalue weighted by Crippen LogP contribution is -2.37. The van der Waals surface area contributed by atoms with Crippen LogP contribution in [0.2, 0.25) is 0 Å². The van der Waals surface area contributed by atoms with E-state index in [9.17, 15) is 14.7 Å². The number of carbonyl (C=O) groups is 2. The number of imide groups is 1. The minimum Gasteiger partial charge on any atom is -0.503 e. The quantitative estimate of drug-likeness (QED) is 0.412. The third-order valence-corrected chi connectivity index (χ3v) is 6.83. The molecule has 3 aromatic carbocycles. The van der Waals surface area contributed by atoms with Crippen LogP contribution in [0.5, 0.6) is 17.2 Å². The van der Waals surface area contributed by atoms with Crippen molar-refractivity contribution in [3.05, 3.63) is 76.8 Å². The van der Waals surface area contributed by atoms with E-state index in [-0.39, 0.29) is 17.4 Å². The average molecular weight is 553 g/mol. The Morgan fingerprint density at radius 2 is 1.61 bits per heavy atom. The monoisotopic (exact) mass is 552 g/mol. The molecule has 2 aliphatic heterocycles. The summed E-state index contributed by atoms with van der Waals surface area (Å²) in [6, 6.07) is 18.9. The van der Waals surface area contributed by atoms with E-state index >= 15 is 0 Å². The molecule has 0 bridgehead atoms. The average Bonchev–Trinajstić information content (AvgIpc) is 3.39. The molecule has 8 nitrogen and oxygen atoms in total. The molecule has 0 aromatic heterocycles. The summed E-state index contributed by atoms with van der Waals surface area (Å²) >= 11 is 3.39. The summed E-state index contributed by atoms with van der Waals surface area (Å²) in [5.41, 5.74) is 1.82. The number of hydroxylamine groups is 1. The topological polar surface area (TPSA) is 88.5 Å². The molecular formula is C27H25BrN2O6. The molecule has 0 radical (unpaired) electrons. The van der Waals surface area contributed by atoms with Crippen LogP contribution in [-0.2, 0) is 14.4 Å². The van der Waals surface area contributed by atoms with Gasteiger partial charge in [-0.2, -0.15) is 0 Å². The minimum absolute atomic E-state index is 0.0350. The maximum Gasteiger partial charge on any atom is 0.266 e. The van der Waals surface area contributed by atoms with Crippen LogP contribution < -0.4 is 19.4 Å². The fraction of sp³-hybridized carbons (Fsp3) is 0.259. The normalized spacial score (nSPS) is 21.1. The molecule has 2 aliphatic rings. The van der Waals surface area contributed by atoms with Crippen molar-refractivity contribution in [2.24, 2.45) is 5.92 Å². The van der Waals surface area contributed by atoms with Gasteiger partial charge in [0, 0.05) is 0 Å². The summed E-state index contributed by atoms with van der Waals surface area (Å²) in [6.45, 7) is 4.57. The van der Waals surface area contributed by atoms with E-state index in [1.165, 1.54) is 4.90 Å². The Bertz CT molecular complexity index is 1280. The number of carbonyl (C=O) groups excluding carboxylic acids is 2. The van der Waals surface area contributed by atoms with Crippen molar-refractivity contribution in [3.63, 3.8) is 0 Å². The van der Waals surface area contributed by atoms with E-state index in [2.05, 4.69) is 15.9 Å². The maximum absolute atomic E-state index is 13.8. The predicted molar refractivity (Wildman–Crippen MR) is 137 cm³/mol. The number of hydrogen-bond acceptors (Lipinski definition) is 7. The number of amides is 2. The van der Waals surface area contributed by atoms with Crippen LogP contribution in [0.25, 0.3) is 0 Å². The molecule has 0 aliphatic carbocycles. The van der Waals surface area contributed by atoms with Gasteiger partial charge in [-0.05, 0) is 83.9 Å². The fourth-order valence-corrected chi connectivity index (χ4v) is 5.15. The lowest BCUT2D eigenvalue weighted by Gasteiger charge is -2.29. The van der Waals surface area contributed by atoms with Crippen molar-refractivity contribution in [2.75, 3.05) is 23.2 Å². The Morgan fingerprint density at radius 1 is 0.917 bits per heavy atom. The van der Waals surface area contributed by atoms with Gasteiger partial charge in [0.1, 0.15) is 11.7 Å². The first-order valence-corrected chi connectivity index (χ1v) is 12.5. The SMILES string of the molecule is CCOc1ccc(N2C(=O)[C@H]3[C@H](ON(c4ccccc4)[C@@H]3c3cc(Br)c(O)c(OCC)c3)C2=O)cc1. The highest BCUT2D eigenvalue weighted by Crippen LogP contribution is 2.49. The number of rotatable bonds is 7. The van der Waals surface area contributed by atoms with Gasteiger partial charge < -0.3 is 14.6 Å². The second-order valence-corrected chi connectivity index (χ2v) is 9.23. The molecule has 3 atom stereocenters. The molecule has 2 fully saturated rings. The van der Waals surface area contributed by atoms with Gasteiger partial charge in [-0.3, -0.25) is 14.4 Å². The fourth-order valence-electron chi connectivity index (χ4n) is 4.69. The first kappa shape index (κ1) is 24.1. The summed E-state index contributed by atoms with van der Waals surface area (Å²) in [7, 11) is 0. The van der Waals surface area contributed by atoms with Gasteiger partial charge in [0.25, 0.3) is 5.91 Å². The third kappa shape index (κ3) is 4.08. The largest absolute Gasteiger partial charge is 0.503 e. The molecule has 2 saturated heterocycles. The van der Waals surface area contributed by atoms with Gasteiger partial charge in [-0.25, -0.2) is 9.96 Å². The number of fused-ring (bicyclic) bond motifs is 1. The van der Waals surface area contributed by atoms with Gasteiger partial charge in [0.05, 0.1) is 35.1 Å². The number of phenols is 1. The van der Waals surface area contributed by atoms with Crippen molar-refractivity contribution in [1.29, 1.82) is 0 Å². The molecule has 3 aromatic rings. The van der Waals surface area contributed by atoms with Gasteiger partial charge in [0.15, 0.2) is 17.6 Å². The van der Waals surface area contributed by atoms with Crippen LogP contribution in [0.3, 0.4) is 0 Å². The Kier molecular flexibility index (Phi) is 6.59. The first-order valence-electron chi connectivity index (χ1n) is 11.7. The zero-order valence-corrected chi connectivity index (χ0v) is 21.3. The number of hydrogen-bond donors (Lipinski definition) is 1. The Balaban J connectivity index is 1.57. The Labute approximate surface area is 217 Å². The number of anilines is 2. The van der Waals surface area contributed by atoms with Crippen molar-refractivity contribution in [3.8, 4) is 17.2 Å². The van der Waals surface area contributed by atoms with Crippen LogP contribution in [-0.4, -0.2) is 36.2 Å². The highest BCUT2D eigenvalue weighted by molar-refractivity contribution is 9.10. The molecule has 2 heterocycles. The second kappa shape index (κ2) is 9.83. The Morgan fingerprint density at radius 3 is 2.28 bits per heavy atom. The van der Waals surface area contributed by atoms with Gasteiger partial charge >= 0.3 is 0 Å². The molecule has 36 heavy (non-hydrogen) atoms. The standard InChI is InChI=1S/C27H25BrN2O6/c1-3-34-19-12-10-17(11-13-19)29-26(32)22-23(16-14-20(28)24(31)21(15-16)35-4-2)30(36-25(22)27(29)33)18-8-6-5-7-9-18/h5-15,22-23,25,31H,3-4H2,1-2H3/t22-,23-,25+/m1/s1. The van der Waals surface area contributed by atoms with Crippen molar-refractivity contribution >= 4 is 39.1 Å². The molecule has 0 spiro atoms. The summed E-state index contributed by atoms with van der Waals surface area (Å²) < 4.78 is 11.5. The van der Waals surface area contributed by atoms with Crippen LogP contribution in [0.15, 0.2) is 71.2 Å². The third-order valence-electron chi connectivity index (χ3n) is 6.22. The van der Waals surface area contributed by atoms with E-state index in [1.807, 2.05) is 44.2 Å². The van der Waals surface area contributed by atoms with E-state index in [1.54, 1.807) is 41.5 Å². The minimum atomic E-state index is -1.00. The number of phenolic OH excluding ortho intramolecular Hbond substituents is 1. The van der Waals surface area contributed by atoms with E-state index < -0.39 is 24.0 Å². The van der Waals surface area contributed by atoms with Crippen molar-refractivity contribution < 1.29 is 29.0 Å². The highest BCUT2D eigenvalue weighted by Gasteiger charge is 2.60. The number of halogens is 1. The molecule has 0 unspecified atom stereocenters. The number of benzene rings is 3. The summed E-state index contributed by atoms with van der Waals surface area (Å²) in [4.78, 5) is 34.7. The lowest BCUT2D eigenvalue weighted by atomic mass is 9.90. The van der Waals surface area contributed by atoms with E-state index in [0.29, 0.717) is 40.4 Å². The number of ether oxygens (including phenoxy) is 2. The van der Waals surface area contributed by atoms with E-state index in [0.717, 1.165) is 0 Å². The highest BCUT2D eigenvalue weighted by atomic mass is 79.9. The smallest absolute Gasteiger partial charge is 0.266 e. The van der Waals surface area contributed by atoms with Crippen LogP contribution >= 0.6 is 15.9 Å². The van der Waals surface area contributed by atoms with Crippen molar-refractivity contribution in [1.82, 2.24) is 0 Å². The molecule has 5 rings (SSSR count). The summed E-state index contributed by atoms with van der Waals surface area (Å²) in [5, 5.41) is 12.1. The number of nitrogens with zero attached hydrogens (tertiary/aromatic N) is 2. The Hall–Kier alpha value is -3.56. The maximum atomic E-state index is 13.8. The summed E-state index contributed by atoms with van der Waals surface area (Å²) in [6.07, 6.45) is -1.00. The molecule has 2 amide bonds. The van der Waals surface area contributed by atoms with Crippen LogP contribution in [0, 0.1) is 5.92 Å². The zero-order valence-electron chi connectivity index (χ0n) is 19.8. The zero-order chi connectivity index (χ0) is 25.4. The molecule has 9 heteroatoms. The second-order valence-electron chi connectivity index (χ2n) is 8.38. The van der Waals surface area contributed by atoms with Gasteiger partial charge in [-0.15, -0.1) is 0 Å². The predicted octanol–water partition coefficient (Wildman–Crippen LogP) is 5.00.